The maximum Gasteiger partial charge on any atom is 0.172 e. The Labute approximate surface area is 172 Å². The molecule has 27 heavy (non-hydrogen) atoms. The highest BCUT2D eigenvalue weighted by molar-refractivity contribution is 9.10. The minimum absolute atomic E-state index is 0.0819. The third kappa shape index (κ3) is 5.41. The number of carbonyl (C=O) groups is 1. The van der Waals surface area contributed by atoms with Crippen molar-refractivity contribution in [3.63, 3.8) is 0 Å². The second-order valence-electron chi connectivity index (χ2n) is 6.13. The Morgan fingerprint density at radius 3 is 2.52 bits per heavy atom. The van der Waals surface area contributed by atoms with Gasteiger partial charge in [0, 0.05) is 27.3 Å². The van der Waals surface area contributed by atoms with Gasteiger partial charge in [0.2, 0.25) is 0 Å². The fourth-order valence-corrected chi connectivity index (χ4v) is 3.66. The van der Waals surface area contributed by atoms with Crippen molar-refractivity contribution in [3.05, 3.63) is 100 Å². The van der Waals surface area contributed by atoms with E-state index in [1.165, 1.54) is 4.90 Å². The van der Waals surface area contributed by atoms with Crippen LogP contribution in [0.3, 0.4) is 0 Å². The minimum Gasteiger partial charge on any atom is -0.293 e. The van der Waals surface area contributed by atoms with Gasteiger partial charge in [-0.15, -0.1) is 11.8 Å². The number of allylic oxidation sites excluding steroid dienone is 1. The Balaban J connectivity index is 1.87. The van der Waals surface area contributed by atoms with Crippen molar-refractivity contribution in [2.24, 2.45) is 0 Å². The molecule has 1 unspecified atom stereocenters. The quantitative estimate of drug-likeness (QED) is 0.306. The first-order valence-corrected chi connectivity index (χ1v) is 10.7. The maximum absolute atomic E-state index is 13.2. The maximum atomic E-state index is 13.2. The second-order valence-corrected chi connectivity index (χ2v) is 7.93. The highest BCUT2D eigenvalue weighted by Gasteiger charge is 2.21. The highest BCUT2D eigenvalue weighted by Crippen LogP contribution is 2.28. The number of Topliss-reactive ketones (excluding diaryl/α,β-unsaturated/α-hetero) is 1. The Hall–Kier alpha value is -2.17. The smallest absolute Gasteiger partial charge is 0.172 e. The molecule has 4 heteroatoms. The molecule has 0 aliphatic rings. The number of rotatable bonds is 7. The van der Waals surface area contributed by atoms with E-state index in [-0.39, 0.29) is 11.7 Å². The van der Waals surface area contributed by atoms with Gasteiger partial charge in [0.15, 0.2) is 5.78 Å². The summed E-state index contributed by atoms with van der Waals surface area (Å²) in [4.78, 5) is 18.5. The molecule has 0 aliphatic heterocycles. The van der Waals surface area contributed by atoms with Gasteiger partial charge in [-0.05, 0) is 57.9 Å². The number of benzene rings is 2. The number of hydrogen-bond donors (Lipinski definition) is 0. The van der Waals surface area contributed by atoms with Crippen LogP contribution < -0.4 is 0 Å². The average molecular weight is 438 g/mol. The van der Waals surface area contributed by atoms with Crippen LogP contribution in [-0.2, 0) is 0 Å². The Bertz CT molecular complexity index is 923. The van der Waals surface area contributed by atoms with Gasteiger partial charge >= 0.3 is 0 Å². The lowest BCUT2D eigenvalue weighted by atomic mass is 9.88. The molecule has 1 atom stereocenters. The van der Waals surface area contributed by atoms with E-state index >= 15 is 0 Å². The van der Waals surface area contributed by atoms with Crippen LogP contribution in [0.4, 0.5) is 0 Å². The molecule has 0 saturated carbocycles. The van der Waals surface area contributed by atoms with Crippen LogP contribution in [0, 0.1) is 0 Å². The lowest BCUT2D eigenvalue weighted by molar-refractivity contribution is 0.0959. The molecule has 1 heterocycles. The normalized spacial score (nSPS) is 12.2. The molecule has 0 aliphatic carbocycles. The molecular formula is C23H20BrNOS. The molecule has 0 spiro atoms. The molecule has 3 aromatic rings. The van der Waals surface area contributed by atoms with Crippen molar-refractivity contribution in [3.8, 4) is 0 Å². The van der Waals surface area contributed by atoms with Gasteiger partial charge < -0.3 is 0 Å². The van der Waals surface area contributed by atoms with Crippen molar-refractivity contribution < 1.29 is 4.79 Å². The molecule has 136 valence electrons. The molecule has 3 rings (SSSR count). The zero-order valence-electron chi connectivity index (χ0n) is 15.0. The molecular weight excluding hydrogens is 418 g/mol. The third-order valence-corrected chi connectivity index (χ3v) is 5.48. The van der Waals surface area contributed by atoms with E-state index in [0.717, 1.165) is 15.6 Å². The van der Waals surface area contributed by atoms with Crippen LogP contribution in [-0.4, -0.2) is 17.0 Å². The summed E-state index contributed by atoms with van der Waals surface area (Å²) in [6.07, 6.45) is 10.2. The molecule has 0 fully saturated rings. The first-order valence-electron chi connectivity index (χ1n) is 8.67. The van der Waals surface area contributed by atoms with Crippen LogP contribution >= 0.6 is 27.7 Å². The lowest BCUT2D eigenvalue weighted by Crippen LogP contribution is -2.13. The number of carbonyl (C=O) groups excluding carboxylic acids is 1. The van der Waals surface area contributed by atoms with Crippen LogP contribution in [0.1, 0.15) is 33.8 Å². The first-order chi connectivity index (χ1) is 13.2. The lowest BCUT2D eigenvalue weighted by Gasteiger charge is -2.15. The first kappa shape index (κ1) is 19.6. The topological polar surface area (TPSA) is 30.0 Å². The van der Waals surface area contributed by atoms with Crippen molar-refractivity contribution in [1.29, 1.82) is 0 Å². The predicted octanol–water partition coefficient (Wildman–Crippen LogP) is 6.64. The van der Waals surface area contributed by atoms with E-state index in [1.54, 1.807) is 24.2 Å². The number of halogens is 1. The van der Waals surface area contributed by atoms with Gasteiger partial charge in [-0.1, -0.05) is 54.6 Å². The van der Waals surface area contributed by atoms with Crippen LogP contribution in [0.5, 0.6) is 0 Å². The highest BCUT2D eigenvalue weighted by atomic mass is 79.9. The summed E-state index contributed by atoms with van der Waals surface area (Å²) in [5, 5.41) is 0. The molecule has 0 bridgehead atoms. The third-order valence-electron chi connectivity index (χ3n) is 4.31. The summed E-state index contributed by atoms with van der Waals surface area (Å²) in [6, 6.07) is 20.2. The van der Waals surface area contributed by atoms with Crippen LogP contribution in [0.25, 0.3) is 6.08 Å². The van der Waals surface area contributed by atoms with Crippen molar-refractivity contribution >= 4 is 39.6 Å². The number of nitrogens with zero attached hydrogens (tertiary/aromatic N) is 1. The van der Waals surface area contributed by atoms with Crippen molar-refractivity contribution in [2.45, 2.75) is 17.2 Å². The monoisotopic (exact) mass is 437 g/mol. The Morgan fingerprint density at radius 1 is 1.11 bits per heavy atom. The van der Waals surface area contributed by atoms with Crippen molar-refractivity contribution in [2.75, 3.05) is 6.26 Å². The van der Waals surface area contributed by atoms with Gasteiger partial charge in [0.25, 0.3) is 0 Å². The Morgan fingerprint density at radius 2 is 1.85 bits per heavy atom. The van der Waals surface area contributed by atoms with Crippen LogP contribution in [0.2, 0.25) is 0 Å². The molecule has 0 radical (unpaired) electrons. The fraction of sp³-hybridized carbons (Fsp3) is 0.130. The number of pyridine rings is 1. The number of aromatic nitrogens is 1. The van der Waals surface area contributed by atoms with E-state index in [2.05, 4.69) is 69.5 Å². The van der Waals surface area contributed by atoms with E-state index in [0.29, 0.717) is 12.0 Å². The average Bonchev–Trinajstić information content (AvgIpc) is 2.72. The zero-order chi connectivity index (χ0) is 19.1. The van der Waals surface area contributed by atoms with E-state index in [9.17, 15) is 4.79 Å². The van der Waals surface area contributed by atoms with Gasteiger partial charge in [0.1, 0.15) is 0 Å². The zero-order valence-corrected chi connectivity index (χ0v) is 17.4. The Kier molecular flexibility index (Phi) is 7.02. The molecule has 0 N–H and O–H groups in total. The van der Waals surface area contributed by atoms with Gasteiger partial charge in [0.05, 0.1) is 5.92 Å². The van der Waals surface area contributed by atoms with Gasteiger partial charge in [-0.3, -0.25) is 9.78 Å². The van der Waals surface area contributed by atoms with Crippen molar-refractivity contribution in [1.82, 2.24) is 4.98 Å². The number of hydrogen-bond acceptors (Lipinski definition) is 3. The number of thioether (sulfide) groups is 1. The molecule has 0 amide bonds. The molecule has 1 aromatic heterocycles. The summed E-state index contributed by atoms with van der Waals surface area (Å²) in [5.41, 5.74) is 2.78. The summed E-state index contributed by atoms with van der Waals surface area (Å²) in [6.45, 7) is 0. The standard InChI is InChI=1S/C23H20BrNOS/c1-27-21-12-10-18(11-13-21)22(9-5-8-17-6-3-2-4-7-17)23(26)19-14-20(24)16-25-15-19/h2-8,10-16,22H,9H2,1H3/b8-5+. The van der Waals surface area contributed by atoms with Gasteiger partial charge in [-0.2, -0.15) is 0 Å². The molecule has 2 aromatic carbocycles. The summed E-state index contributed by atoms with van der Waals surface area (Å²) < 4.78 is 0.810. The second kappa shape index (κ2) is 9.67. The van der Waals surface area contributed by atoms with Crippen LogP contribution in [0.15, 0.2) is 88.5 Å². The molecule has 2 nitrogen and oxygen atoms in total. The fourth-order valence-electron chi connectivity index (χ4n) is 2.88. The summed E-state index contributed by atoms with van der Waals surface area (Å²) in [5.74, 6) is -0.157. The predicted molar refractivity (Wildman–Crippen MR) is 117 cm³/mol. The van der Waals surface area contributed by atoms with E-state index in [1.807, 2.05) is 30.5 Å². The largest absolute Gasteiger partial charge is 0.293 e. The minimum atomic E-state index is -0.239. The van der Waals surface area contributed by atoms with Gasteiger partial charge in [-0.25, -0.2) is 0 Å². The summed E-state index contributed by atoms with van der Waals surface area (Å²) >= 11 is 5.10. The summed E-state index contributed by atoms with van der Waals surface area (Å²) in [7, 11) is 0. The van der Waals surface area contributed by atoms with E-state index in [4.69, 9.17) is 0 Å². The van der Waals surface area contributed by atoms with E-state index < -0.39 is 0 Å². The molecule has 0 saturated heterocycles. The number of ketones is 1. The SMILES string of the molecule is CSc1ccc(C(C/C=C/c2ccccc2)C(=O)c2cncc(Br)c2)cc1.